The molecule has 7 heteroatoms. The Balaban J connectivity index is 1.03. The van der Waals surface area contributed by atoms with E-state index in [1.807, 2.05) is 121 Å². The molecule has 0 N–H and O–H groups in total. The van der Waals surface area contributed by atoms with Crippen LogP contribution in [-0.2, 0) is 0 Å². The average Bonchev–Trinajstić information content (AvgIpc) is 3.68. The van der Waals surface area contributed by atoms with Crippen molar-refractivity contribution in [2.75, 3.05) is 0 Å². The van der Waals surface area contributed by atoms with Gasteiger partial charge in [0.1, 0.15) is 0 Å². The number of para-hydroxylation sites is 1. The van der Waals surface area contributed by atoms with Crippen molar-refractivity contribution in [2.45, 2.75) is 0 Å². The zero-order valence-electron chi connectivity index (χ0n) is 32.8. The van der Waals surface area contributed by atoms with E-state index in [4.69, 9.17) is 29.9 Å². The van der Waals surface area contributed by atoms with Crippen molar-refractivity contribution in [1.29, 1.82) is 0 Å². The monoisotopic (exact) mass is 781 g/mol. The molecule has 3 heterocycles. The molecule has 0 radical (unpaired) electrons. The number of fused-ring (bicyclic) bond motifs is 3. The Hall–Kier alpha value is -8.42. The van der Waals surface area contributed by atoms with Gasteiger partial charge in [-0.25, -0.2) is 29.9 Å². The molecule has 0 amide bonds. The summed E-state index contributed by atoms with van der Waals surface area (Å²) in [6, 6.07) is 72.5. The Morgan fingerprint density at radius 1 is 0.230 bits per heavy atom. The molecule has 7 nitrogen and oxygen atoms in total. The Kier molecular flexibility index (Phi) is 9.02. The molecule has 0 bridgehead atoms. The van der Waals surface area contributed by atoms with Gasteiger partial charge in [0, 0.05) is 49.8 Å². The van der Waals surface area contributed by atoms with E-state index < -0.39 is 0 Å². The van der Waals surface area contributed by atoms with Crippen LogP contribution < -0.4 is 0 Å². The molecule has 11 aromatic rings. The third kappa shape index (κ3) is 6.90. The van der Waals surface area contributed by atoms with Crippen molar-refractivity contribution in [3.05, 3.63) is 212 Å². The number of rotatable bonds is 8. The number of aromatic nitrogens is 7. The van der Waals surface area contributed by atoms with Gasteiger partial charge in [0.05, 0.1) is 11.0 Å². The molecule has 286 valence electrons. The second-order valence-corrected chi connectivity index (χ2v) is 14.8. The van der Waals surface area contributed by atoms with Crippen LogP contribution in [0.15, 0.2) is 212 Å². The van der Waals surface area contributed by atoms with Gasteiger partial charge in [0.25, 0.3) is 0 Å². The van der Waals surface area contributed by atoms with Gasteiger partial charge in [-0.2, -0.15) is 0 Å². The highest BCUT2D eigenvalue weighted by Gasteiger charge is 2.18. The molecular formula is C54H35N7. The normalized spacial score (nSPS) is 11.3. The van der Waals surface area contributed by atoms with Gasteiger partial charge >= 0.3 is 0 Å². The summed E-state index contributed by atoms with van der Waals surface area (Å²) in [4.78, 5) is 29.8. The third-order valence-electron chi connectivity index (χ3n) is 10.9. The van der Waals surface area contributed by atoms with E-state index in [9.17, 15) is 0 Å². The quantitative estimate of drug-likeness (QED) is 0.153. The fourth-order valence-electron chi connectivity index (χ4n) is 7.88. The molecule has 0 atom stereocenters. The van der Waals surface area contributed by atoms with E-state index in [0.717, 1.165) is 72.0 Å². The summed E-state index contributed by atoms with van der Waals surface area (Å²) in [5, 5.41) is 2.23. The van der Waals surface area contributed by atoms with Crippen LogP contribution in [0.4, 0.5) is 0 Å². The van der Waals surface area contributed by atoms with E-state index in [2.05, 4.69) is 95.6 Å². The predicted molar refractivity (Wildman–Crippen MR) is 246 cm³/mol. The summed E-state index contributed by atoms with van der Waals surface area (Å²) < 4.78 is 2.33. The SMILES string of the molecule is c1ccc(-c2nc(-c3ccccc3)nc(-c3ccc(-c4ccc5c(c4)c4cc(-c6nc(-c7ccccc7)nc(-c7ccccc7)n6)ccc4n5-c4ccccc4)cc3)n2)cc1. The summed E-state index contributed by atoms with van der Waals surface area (Å²) in [6.07, 6.45) is 0. The minimum absolute atomic E-state index is 0.617. The molecule has 0 aliphatic carbocycles. The maximum absolute atomic E-state index is 5.05. The molecule has 0 aliphatic heterocycles. The Morgan fingerprint density at radius 3 is 0.902 bits per heavy atom. The zero-order valence-corrected chi connectivity index (χ0v) is 32.8. The van der Waals surface area contributed by atoms with Gasteiger partial charge in [-0.05, 0) is 53.6 Å². The van der Waals surface area contributed by atoms with E-state index >= 15 is 0 Å². The summed E-state index contributed by atoms with van der Waals surface area (Å²) in [6.45, 7) is 0. The van der Waals surface area contributed by atoms with Crippen LogP contribution in [0.3, 0.4) is 0 Å². The van der Waals surface area contributed by atoms with Crippen LogP contribution in [0.1, 0.15) is 0 Å². The molecule has 0 aliphatic rings. The lowest BCUT2D eigenvalue weighted by Gasteiger charge is -2.10. The first-order valence-corrected chi connectivity index (χ1v) is 20.2. The highest BCUT2D eigenvalue weighted by molar-refractivity contribution is 6.11. The standard InChI is InChI=1S/C54H35N7/c1-6-16-37(17-7-1)49-55-50(38-18-8-2-9-19-38)58-53(57-49)41-28-26-36(27-29-41)42-30-32-47-45(34-42)46-35-43(31-33-48(46)61(47)44-24-14-5-15-25-44)54-59-51(39-20-10-3-11-21-39)56-52(60-54)40-22-12-4-13-23-40/h1-35H. The van der Waals surface area contributed by atoms with E-state index in [1.165, 1.54) is 0 Å². The fourth-order valence-corrected chi connectivity index (χ4v) is 7.88. The van der Waals surface area contributed by atoms with E-state index in [0.29, 0.717) is 34.9 Å². The predicted octanol–water partition coefficient (Wildman–Crippen LogP) is 12.8. The molecule has 0 saturated carbocycles. The first-order valence-electron chi connectivity index (χ1n) is 20.2. The van der Waals surface area contributed by atoms with Gasteiger partial charge in [0.15, 0.2) is 34.9 Å². The van der Waals surface area contributed by atoms with Gasteiger partial charge < -0.3 is 4.57 Å². The minimum atomic E-state index is 0.617. The first-order chi connectivity index (χ1) is 30.2. The largest absolute Gasteiger partial charge is 0.309 e. The Bertz CT molecular complexity index is 3200. The van der Waals surface area contributed by atoms with Crippen molar-refractivity contribution in [1.82, 2.24) is 34.5 Å². The molecular weight excluding hydrogens is 747 g/mol. The maximum atomic E-state index is 5.05. The highest BCUT2D eigenvalue weighted by Crippen LogP contribution is 2.38. The molecule has 0 saturated heterocycles. The summed E-state index contributed by atoms with van der Waals surface area (Å²) >= 11 is 0. The lowest BCUT2D eigenvalue weighted by Crippen LogP contribution is -2.00. The van der Waals surface area contributed by atoms with Crippen molar-refractivity contribution < 1.29 is 0 Å². The summed E-state index contributed by atoms with van der Waals surface area (Å²) in [5.74, 6) is 3.78. The zero-order chi connectivity index (χ0) is 40.5. The molecule has 0 spiro atoms. The van der Waals surface area contributed by atoms with Crippen molar-refractivity contribution in [3.8, 4) is 85.1 Å². The van der Waals surface area contributed by atoms with E-state index in [-0.39, 0.29) is 0 Å². The van der Waals surface area contributed by atoms with Crippen LogP contribution in [0.25, 0.3) is 107 Å². The Labute approximate surface area is 352 Å². The molecule has 61 heavy (non-hydrogen) atoms. The number of benzene rings is 8. The van der Waals surface area contributed by atoms with Crippen molar-refractivity contribution in [2.24, 2.45) is 0 Å². The van der Waals surface area contributed by atoms with Crippen LogP contribution in [0.5, 0.6) is 0 Å². The lowest BCUT2D eigenvalue weighted by atomic mass is 10.0. The lowest BCUT2D eigenvalue weighted by molar-refractivity contribution is 1.07. The first kappa shape index (κ1) is 35.7. The average molecular weight is 782 g/mol. The highest BCUT2D eigenvalue weighted by atomic mass is 15.0. The van der Waals surface area contributed by atoms with Crippen molar-refractivity contribution >= 4 is 21.8 Å². The van der Waals surface area contributed by atoms with Crippen LogP contribution in [0.2, 0.25) is 0 Å². The number of nitrogens with zero attached hydrogens (tertiary/aromatic N) is 7. The topological polar surface area (TPSA) is 82.3 Å². The van der Waals surface area contributed by atoms with Gasteiger partial charge in [-0.15, -0.1) is 0 Å². The third-order valence-corrected chi connectivity index (χ3v) is 10.9. The minimum Gasteiger partial charge on any atom is -0.309 e. The van der Waals surface area contributed by atoms with Gasteiger partial charge in [0.2, 0.25) is 0 Å². The smallest absolute Gasteiger partial charge is 0.164 e. The van der Waals surface area contributed by atoms with Gasteiger partial charge in [-0.3, -0.25) is 0 Å². The molecule has 3 aromatic heterocycles. The van der Waals surface area contributed by atoms with Crippen LogP contribution in [0, 0.1) is 0 Å². The molecule has 8 aromatic carbocycles. The summed E-state index contributed by atoms with van der Waals surface area (Å²) in [7, 11) is 0. The maximum Gasteiger partial charge on any atom is 0.164 e. The van der Waals surface area contributed by atoms with Crippen LogP contribution >= 0.6 is 0 Å². The number of hydrogen-bond donors (Lipinski definition) is 0. The Morgan fingerprint density at radius 2 is 0.508 bits per heavy atom. The molecule has 0 fully saturated rings. The van der Waals surface area contributed by atoms with Crippen LogP contribution in [-0.4, -0.2) is 34.5 Å². The second kappa shape index (κ2) is 15.4. The fraction of sp³-hybridized carbons (Fsp3) is 0. The number of hydrogen-bond acceptors (Lipinski definition) is 6. The molecule has 0 unspecified atom stereocenters. The molecule has 11 rings (SSSR count). The van der Waals surface area contributed by atoms with E-state index in [1.54, 1.807) is 0 Å². The summed E-state index contributed by atoms with van der Waals surface area (Å²) in [5.41, 5.74) is 11.0. The van der Waals surface area contributed by atoms with Crippen molar-refractivity contribution in [3.63, 3.8) is 0 Å². The second-order valence-electron chi connectivity index (χ2n) is 14.8. The van der Waals surface area contributed by atoms with Gasteiger partial charge in [-0.1, -0.05) is 170 Å².